The smallest absolute Gasteiger partial charge is 0.315 e. The van der Waals surface area contributed by atoms with E-state index < -0.39 is 0 Å². The average Bonchev–Trinajstić information content (AvgIpc) is 3.08. The van der Waals surface area contributed by atoms with Crippen molar-refractivity contribution in [2.24, 2.45) is 0 Å². The van der Waals surface area contributed by atoms with Crippen LogP contribution in [-0.2, 0) is 13.1 Å². The van der Waals surface area contributed by atoms with Gasteiger partial charge in [0.25, 0.3) is 0 Å². The summed E-state index contributed by atoms with van der Waals surface area (Å²) in [4.78, 5) is 16.5. The normalized spacial score (nSPS) is 10.4. The van der Waals surface area contributed by atoms with Crippen LogP contribution in [0.5, 0.6) is 5.75 Å². The number of methoxy groups -OCH3 is 1. The topological polar surface area (TPSA) is 68.2 Å². The van der Waals surface area contributed by atoms with E-state index in [0.717, 1.165) is 28.4 Å². The van der Waals surface area contributed by atoms with Gasteiger partial charge < -0.3 is 19.9 Å². The lowest BCUT2D eigenvalue weighted by atomic mass is 10.2. The second-order valence-electron chi connectivity index (χ2n) is 6.20. The molecule has 140 valence electrons. The summed E-state index contributed by atoms with van der Waals surface area (Å²) in [6.45, 7) is 3.66. The predicted molar refractivity (Wildman–Crippen MR) is 106 cm³/mol. The van der Waals surface area contributed by atoms with Gasteiger partial charge in [0.2, 0.25) is 0 Å². The minimum absolute atomic E-state index is 0.190. The number of nitrogens with one attached hydrogen (secondary N) is 2. The first-order chi connectivity index (χ1) is 13.2. The van der Waals surface area contributed by atoms with Crippen LogP contribution in [0.1, 0.15) is 11.3 Å². The Kier molecular flexibility index (Phi) is 6.10. The van der Waals surface area contributed by atoms with E-state index in [2.05, 4.69) is 20.2 Å². The molecule has 3 rings (SSSR count). The van der Waals surface area contributed by atoms with E-state index >= 15 is 0 Å². The fourth-order valence-corrected chi connectivity index (χ4v) is 2.83. The average molecular weight is 364 g/mol. The standard InChI is InChI=1S/C21H24N4O2/c1-16-14-23-20(18-6-4-3-5-7-18)25(16)13-12-22-21(26)24-15-17-8-10-19(27-2)11-9-17/h3-11,14H,12-13,15H2,1-2H3,(H2,22,24,26). The van der Waals surface area contributed by atoms with Crippen LogP contribution < -0.4 is 15.4 Å². The molecule has 0 spiro atoms. The fourth-order valence-electron chi connectivity index (χ4n) is 2.83. The van der Waals surface area contributed by atoms with Crippen LogP contribution in [-0.4, -0.2) is 29.2 Å². The van der Waals surface area contributed by atoms with Gasteiger partial charge in [0.15, 0.2) is 0 Å². The quantitative estimate of drug-likeness (QED) is 0.675. The number of hydrogen-bond donors (Lipinski definition) is 2. The number of amides is 2. The van der Waals surface area contributed by atoms with Crippen LogP contribution in [0.2, 0.25) is 0 Å². The molecule has 0 saturated carbocycles. The molecule has 3 aromatic rings. The molecule has 0 saturated heterocycles. The van der Waals surface area contributed by atoms with Gasteiger partial charge in [0.05, 0.1) is 7.11 Å². The lowest BCUT2D eigenvalue weighted by Gasteiger charge is -2.12. The molecule has 0 atom stereocenters. The zero-order chi connectivity index (χ0) is 19.1. The van der Waals surface area contributed by atoms with Crippen LogP contribution in [0.3, 0.4) is 0 Å². The molecule has 0 fully saturated rings. The third-order valence-corrected chi connectivity index (χ3v) is 4.32. The molecule has 6 heteroatoms. The molecule has 6 nitrogen and oxygen atoms in total. The highest BCUT2D eigenvalue weighted by Crippen LogP contribution is 2.18. The number of urea groups is 1. The Bertz CT molecular complexity index is 873. The van der Waals surface area contributed by atoms with Gasteiger partial charge in [0, 0.05) is 37.1 Å². The third-order valence-electron chi connectivity index (χ3n) is 4.32. The van der Waals surface area contributed by atoms with Gasteiger partial charge in [-0.25, -0.2) is 9.78 Å². The Hall–Kier alpha value is -3.28. The molecule has 0 aliphatic heterocycles. The molecule has 0 unspecified atom stereocenters. The number of benzene rings is 2. The van der Waals surface area contributed by atoms with E-state index in [1.165, 1.54) is 0 Å². The van der Waals surface area contributed by atoms with E-state index in [9.17, 15) is 4.79 Å². The molecular weight excluding hydrogens is 340 g/mol. The predicted octanol–water partition coefficient (Wildman–Crippen LogP) is 3.37. The summed E-state index contributed by atoms with van der Waals surface area (Å²) in [7, 11) is 1.63. The highest BCUT2D eigenvalue weighted by molar-refractivity contribution is 5.73. The lowest BCUT2D eigenvalue weighted by molar-refractivity contribution is 0.240. The molecule has 2 N–H and O–H groups in total. The van der Waals surface area contributed by atoms with Crippen LogP contribution in [0, 0.1) is 6.92 Å². The van der Waals surface area contributed by atoms with Crippen LogP contribution in [0.15, 0.2) is 60.8 Å². The number of imidazole rings is 1. The Morgan fingerprint density at radius 3 is 2.52 bits per heavy atom. The summed E-state index contributed by atoms with van der Waals surface area (Å²) >= 11 is 0. The van der Waals surface area contributed by atoms with Gasteiger partial charge >= 0.3 is 6.03 Å². The first-order valence-electron chi connectivity index (χ1n) is 8.89. The van der Waals surface area contributed by atoms with Crippen molar-refractivity contribution >= 4 is 6.03 Å². The molecule has 0 aliphatic carbocycles. The SMILES string of the molecule is COc1ccc(CNC(=O)NCCn2c(C)cnc2-c2ccccc2)cc1. The van der Waals surface area contributed by atoms with E-state index in [1.54, 1.807) is 7.11 Å². The van der Waals surface area contributed by atoms with Crippen molar-refractivity contribution < 1.29 is 9.53 Å². The number of ether oxygens (including phenoxy) is 1. The number of carbonyl (C=O) groups excluding carboxylic acids is 1. The van der Waals surface area contributed by atoms with E-state index in [4.69, 9.17) is 4.74 Å². The number of nitrogens with zero attached hydrogens (tertiary/aromatic N) is 2. The summed E-state index contributed by atoms with van der Waals surface area (Å²) in [6, 6.07) is 17.5. The van der Waals surface area contributed by atoms with Crippen molar-refractivity contribution in [3.8, 4) is 17.1 Å². The van der Waals surface area contributed by atoms with Crippen molar-refractivity contribution in [2.75, 3.05) is 13.7 Å². The summed E-state index contributed by atoms with van der Waals surface area (Å²) in [5, 5.41) is 5.76. The second kappa shape index (κ2) is 8.89. The van der Waals surface area contributed by atoms with Gasteiger partial charge in [-0.2, -0.15) is 0 Å². The fraction of sp³-hybridized carbons (Fsp3) is 0.238. The molecule has 1 aromatic heterocycles. The highest BCUT2D eigenvalue weighted by atomic mass is 16.5. The van der Waals surface area contributed by atoms with E-state index in [1.807, 2.05) is 67.7 Å². The zero-order valence-electron chi connectivity index (χ0n) is 15.6. The Labute approximate surface area is 159 Å². The summed E-state index contributed by atoms with van der Waals surface area (Å²) in [5.74, 6) is 1.71. The maximum atomic E-state index is 12.0. The molecule has 2 amide bonds. The molecule has 27 heavy (non-hydrogen) atoms. The van der Waals surface area contributed by atoms with Crippen LogP contribution >= 0.6 is 0 Å². The molecule has 0 radical (unpaired) electrons. The zero-order valence-corrected chi connectivity index (χ0v) is 15.6. The summed E-state index contributed by atoms with van der Waals surface area (Å²) in [6.07, 6.45) is 1.85. The molecule has 1 heterocycles. The molecular formula is C21H24N4O2. The first-order valence-corrected chi connectivity index (χ1v) is 8.89. The Morgan fingerprint density at radius 2 is 1.81 bits per heavy atom. The van der Waals surface area contributed by atoms with Crippen molar-refractivity contribution in [2.45, 2.75) is 20.0 Å². The van der Waals surface area contributed by atoms with Crippen molar-refractivity contribution in [1.82, 2.24) is 20.2 Å². The van der Waals surface area contributed by atoms with Gasteiger partial charge in [-0.1, -0.05) is 42.5 Å². The minimum atomic E-state index is -0.190. The van der Waals surface area contributed by atoms with E-state index in [0.29, 0.717) is 19.6 Å². The number of rotatable bonds is 7. The van der Waals surface area contributed by atoms with Gasteiger partial charge in [-0.05, 0) is 24.6 Å². The van der Waals surface area contributed by atoms with Crippen molar-refractivity contribution in [3.63, 3.8) is 0 Å². The second-order valence-corrected chi connectivity index (χ2v) is 6.20. The van der Waals surface area contributed by atoms with Gasteiger partial charge in [-0.15, -0.1) is 0 Å². The molecule has 0 aliphatic rings. The number of carbonyl (C=O) groups is 1. The largest absolute Gasteiger partial charge is 0.497 e. The number of aryl methyl sites for hydroxylation is 1. The van der Waals surface area contributed by atoms with Crippen molar-refractivity contribution in [1.29, 1.82) is 0 Å². The number of aromatic nitrogens is 2. The third kappa shape index (κ3) is 4.88. The van der Waals surface area contributed by atoms with E-state index in [-0.39, 0.29) is 6.03 Å². The lowest BCUT2D eigenvalue weighted by Crippen LogP contribution is -2.36. The Morgan fingerprint density at radius 1 is 1.07 bits per heavy atom. The molecule has 2 aromatic carbocycles. The summed E-state index contributed by atoms with van der Waals surface area (Å²) < 4.78 is 7.24. The Balaban J connectivity index is 1.49. The minimum Gasteiger partial charge on any atom is -0.497 e. The van der Waals surface area contributed by atoms with Gasteiger partial charge in [-0.3, -0.25) is 0 Å². The van der Waals surface area contributed by atoms with Crippen LogP contribution in [0.4, 0.5) is 4.79 Å². The first kappa shape index (κ1) is 18.5. The van der Waals surface area contributed by atoms with Crippen molar-refractivity contribution in [3.05, 3.63) is 72.1 Å². The summed E-state index contributed by atoms with van der Waals surface area (Å²) in [5.41, 5.74) is 3.15. The highest BCUT2D eigenvalue weighted by Gasteiger charge is 2.09. The molecule has 0 bridgehead atoms. The monoisotopic (exact) mass is 364 g/mol. The van der Waals surface area contributed by atoms with Crippen LogP contribution in [0.25, 0.3) is 11.4 Å². The maximum absolute atomic E-state index is 12.0. The van der Waals surface area contributed by atoms with Gasteiger partial charge in [0.1, 0.15) is 11.6 Å². The maximum Gasteiger partial charge on any atom is 0.315 e. The number of hydrogen-bond acceptors (Lipinski definition) is 3.